The van der Waals surface area contributed by atoms with Crippen molar-refractivity contribution < 1.29 is 9.21 Å². The van der Waals surface area contributed by atoms with E-state index in [0.29, 0.717) is 22.9 Å². The molecule has 6 nitrogen and oxygen atoms in total. The number of carbonyl (C=O) groups excluding carboxylic acids is 1. The molecular weight excluding hydrogens is 358 g/mol. The zero-order valence-corrected chi connectivity index (χ0v) is 15.1. The number of aromatic nitrogens is 1. The highest BCUT2D eigenvalue weighted by Gasteiger charge is 2.27. The van der Waals surface area contributed by atoms with E-state index in [1.54, 1.807) is 12.3 Å². The van der Waals surface area contributed by atoms with Gasteiger partial charge in [0.05, 0.1) is 24.2 Å². The largest absolute Gasteiger partial charge is 0.467 e. The number of piperidine rings is 1. The molecule has 3 aromatic rings. The second kappa shape index (κ2) is 6.97. The summed E-state index contributed by atoms with van der Waals surface area (Å²) in [4.78, 5) is 31.3. The monoisotopic (exact) mass is 375 g/mol. The van der Waals surface area contributed by atoms with Gasteiger partial charge in [-0.05, 0) is 36.4 Å². The zero-order chi connectivity index (χ0) is 17.2. The van der Waals surface area contributed by atoms with E-state index in [4.69, 9.17) is 4.42 Å². The molecule has 0 aliphatic carbocycles. The van der Waals surface area contributed by atoms with E-state index < -0.39 is 0 Å². The van der Waals surface area contributed by atoms with Gasteiger partial charge in [0.15, 0.2) is 5.13 Å². The highest BCUT2D eigenvalue weighted by Crippen LogP contribution is 2.26. The molecule has 130 valence electrons. The third-order valence-corrected chi connectivity index (χ3v) is 6.26. The van der Waals surface area contributed by atoms with Crippen molar-refractivity contribution in [1.29, 1.82) is 0 Å². The molecule has 1 aliphatic heterocycles. The minimum Gasteiger partial charge on any atom is -0.467 e. The summed E-state index contributed by atoms with van der Waals surface area (Å²) in [5, 5.41) is 5.52. The lowest BCUT2D eigenvalue weighted by Crippen LogP contribution is -2.43. The first-order valence-corrected chi connectivity index (χ1v) is 9.84. The van der Waals surface area contributed by atoms with Crippen molar-refractivity contribution in [2.45, 2.75) is 19.4 Å². The van der Waals surface area contributed by atoms with Crippen LogP contribution in [0.5, 0.6) is 0 Å². The Kier molecular flexibility index (Phi) is 4.54. The fraction of sp³-hybridized carbons (Fsp3) is 0.353. The van der Waals surface area contributed by atoms with Crippen LogP contribution in [0, 0.1) is 5.92 Å². The lowest BCUT2D eigenvalue weighted by Gasteiger charge is -2.32. The number of hydrogen-bond donors (Lipinski definition) is 1. The molecule has 1 fully saturated rings. The van der Waals surface area contributed by atoms with Crippen LogP contribution in [0.2, 0.25) is 0 Å². The Labute approximate surface area is 152 Å². The molecule has 8 heteroatoms. The molecule has 4 heterocycles. The van der Waals surface area contributed by atoms with Crippen molar-refractivity contribution in [3.8, 4) is 0 Å². The van der Waals surface area contributed by atoms with Gasteiger partial charge in [-0.1, -0.05) is 11.3 Å². The number of carbonyl (C=O) groups is 1. The number of nitrogens with zero attached hydrogens (tertiary/aromatic N) is 2. The predicted octanol–water partition coefficient (Wildman–Crippen LogP) is 2.84. The predicted molar refractivity (Wildman–Crippen MR) is 99.3 cm³/mol. The average molecular weight is 375 g/mol. The minimum atomic E-state index is -0.106. The van der Waals surface area contributed by atoms with E-state index in [0.717, 1.165) is 30.7 Å². The summed E-state index contributed by atoms with van der Waals surface area (Å²) in [7, 11) is 0. The van der Waals surface area contributed by atoms with Crippen LogP contribution in [-0.4, -0.2) is 24.0 Å². The highest BCUT2D eigenvalue weighted by molar-refractivity contribution is 7.21. The van der Waals surface area contributed by atoms with Crippen LogP contribution in [0.1, 0.15) is 18.6 Å². The van der Waals surface area contributed by atoms with Crippen LogP contribution in [0.3, 0.4) is 0 Å². The van der Waals surface area contributed by atoms with Gasteiger partial charge in [0.25, 0.3) is 4.74 Å². The molecule has 1 amide bonds. The van der Waals surface area contributed by atoms with Gasteiger partial charge in [-0.2, -0.15) is 0 Å². The average Bonchev–Trinajstić information content (AvgIpc) is 3.31. The van der Waals surface area contributed by atoms with Crippen molar-refractivity contribution in [2.75, 3.05) is 18.0 Å². The maximum absolute atomic E-state index is 12.5. The Morgan fingerprint density at radius 2 is 2.36 bits per heavy atom. The Balaban J connectivity index is 1.46. The topological polar surface area (TPSA) is 75.4 Å². The van der Waals surface area contributed by atoms with E-state index in [1.807, 2.05) is 17.5 Å². The molecule has 1 N–H and O–H groups in total. The van der Waals surface area contributed by atoms with Crippen LogP contribution < -0.4 is 15.0 Å². The van der Waals surface area contributed by atoms with Crippen LogP contribution >= 0.6 is 22.7 Å². The zero-order valence-electron chi connectivity index (χ0n) is 13.4. The number of anilines is 1. The maximum Gasteiger partial charge on any atom is 0.255 e. The Morgan fingerprint density at radius 1 is 1.44 bits per heavy atom. The molecule has 0 spiro atoms. The number of nitrogens with one attached hydrogen (secondary N) is 1. The number of fused-ring (bicyclic) bond motifs is 1. The summed E-state index contributed by atoms with van der Waals surface area (Å²) in [5.41, 5.74) is 0.744. The van der Waals surface area contributed by atoms with Gasteiger partial charge >= 0.3 is 0 Å². The molecular formula is C17H17N3O3S2. The third-order valence-electron chi connectivity index (χ3n) is 4.31. The summed E-state index contributed by atoms with van der Waals surface area (Å²) < 4.78 is 5.99. The van der Waals surface area contributed by atoms with Crippen LogP contribution in [0.15, 0.2) is 39.1 Å². The Bertz CT molecular complexity index is 932. The van der Waals surface area contributed by atoms with Crippen LogP contribution in [0.25, 0.3) is 10.2 Å². The van der Waals surface area contributed by atoms with Gasteiger partial charge in [-0.25, -0.2) is 4.98 Å². The molecule has 0 saturated carbocycles. The lowest BCUT2D eigenvalue weighted by atomic mass is 9.97. The molecule has 1 atom stereocenters. The SMILES string of the molecule is O=C(NCc1ccco1)[C@H]1CCCN(c2nc3ccsc3c(=O)s2)C1. The van der Waals surface area contributed by atoms with Crippen molar-refractivity contribution in [2.24, 2.45) is 5.92 Å². The molecule has 4 rings (SSSR count). The van der Waals surface area contributed by atoms with E-state index in [9.17, 15) is 9.59 Å². The second-order valence-corrected chi connectivity index (χ2v) is 7.86. The number of furan rings is 1. The number of hydrogen-bond acceptors (Lipinski definition) is 7. The van der Waals surface area contributed by atoms with Gasteiger partial charge in [-0.3, -0.25) is 9.59 Å². The summed E-state index contributed by atoms with van der Waals surface area (Å²) in [5.74, 6) is 0.653. The Morgan fingerprint density at radius 3 is 3.20 bits per heavy atom. The van der Waals surface area contributed by atoms with Gasteiger partial charge in [0, 0.05) is 13.1 Å². The van der Waals surface area contributed by atoms with Gasteiger partial charge in [0.2, 0.25) is 5.91 Å². The van der Waals surface area contributed by atoms with Crippen LogP contribution in [0.4, 0.5) is 5.13 Å². The fourth-order valence-electron chi connectivity index (χ4n) is 3.03. The molecule has 1 saturated heterocycles. The lowest BCUT2D eigenvalue weighted by molar-refractivity contribution is -0.125. The van der Waals surface area contributed by atoms with Crippen molar-refractivity contribution in [1.82, 2.24) is 10.3 Å². The molecule has 25 heavy (non-hydrogen) atoms. The first-order valence-electron chi connectivity index (χ1n) is 8.14. The Hall–Kier alpha value is -2.19. The minimum absolute atomic E-state index is 0.0186. The second-order valence-electron chi connectivity index (χ2n) is 6.00. The van der Waals surface area contributed by atoms with Crippen LogP contribution in [-0.2, 0) is 11.3 Å². The molecule has 0 aromatic carbocycles. The van der Waals surface area contributed by atoms with E-state index in [2.05, 4.69) is 15.2 Å². The van der Waals surface area contributed by atoms with Crippen molar-refractivity contribution in [3.63, 3.8) is 0 Å². The first-order chi connectivity index (χ1) is 12.2. The maximum atomic E-state index is 12.5. The summed E-state index contributed by atoms with van der Waals surface area (Å²) in [6.07, 6.45) is 3.34. The quantitative estimate of drug-likeness (QED) is 0.759. The summed E-state index contributed by atoms with van der Waals surface area (Å²) in [6.45, 7) is 1.80. The summed E-state index contributed by atoms with van der Waals surface area (Å²) in [6, 6.07) is 5.51. The summed E-state index contributed by atoms with van der Waals surface area (Å²) >= 11 is 2.59. The smallest absolute Gasteiger partial charge is 0.255 e. The highest BCUT2D eigenvalue weighted by atomic mass is 32.1. The van der Waals surface area contributed by atoms with Crippen molar-refractivity contribution >= 4 is 43.9 Å². The number of amides is 1. The molecule has 0 radical (unpaired) electrons. The van der Waals surface area contributed by atoms with E-state index in [-0.39, 0.29) is 16.6 Å². The molecule has 0 unspecified atom stereocenters. The van der Waals surface area contributed by atoms with Gasteiger partial charge in [-0.15, -0.1) is 11.3 Å². The molecule has 0 bridgehead atoms. The van der Waals surface area contributed by atoms with E-state index >= 15 is 0 Å². The standard InChI is InChI=1S/C17H17N3O3S2/c21-15(18-9-12-4-2-7-23-12)11-3-1-6-20(10-11)17-19-13-5-8-24-14(13)16(22)25-17/h2,4-5,7-8,11H,1,3,6,9-10H2,(H,18,21)/t11-/m0/s1. The van der Waals surface area contributed by atoms with Crippen molar-refractivity contribution in [3.05, 3.63) is 45.1 Å². The van der Waals surface area contributed by atoms with Gasteiger partial charge in [0.1, 0.15) is 10.5 Å². The fourth-order valence-corrected chi connectivity index (χ4v) is 4.77. The number of rotatable bonds is 4. The van der Waals surface area contributed by atoms with Gasteiger partial charge < -0.3 is 14.6 Å². The molecule has 1 aliphatic rings. The number of thiophene rings is 1. The normalized spacial score (nSPS) is 17.8. The van der Waals surface area contributed by atoms with E-state index in [1.165, 1.54) is 22.7 Å². The molecule has 3 aromatic heterocycles. The third kappa shape index (κ3) is 3.45. The first kappa shape index (κ1) is 16.3.